The quantitative estimate of drug-likeness (QED) is 0.186. The largest absolute Gasteiger partial charge is 0.497 e. The number of methoxy groups -OCH3 is 1. The molecule has 8 nitrogen and oxygen atoms in total. The molecule has 1 amide bonds. The molecule has 0 aliphatic carbocycles. The molecule has 1 rings (SSSR count). The van der Waals surface area contributed by atoms with Crippen molar-refractivity contribution in [1.82, 2.24) is 16.0 Å². The van der Waals surface area contributed by atoms with Crippen LogP contribution in [0.4, 0.5) is 4.79 Å². The van der Waals surface area contributed by atoms with Gasteiger partial charge in [0, 0.05) is 19.6 Å². The summed E-state index contributed by atoms with van der Waals surface area (Å²) >= 11 is 0. The first-order valence-corrected chi connectivity index (χ1v) is 9.06. The van der Waals surface area contributed by atoms with Crippen molar-refractivity contribution in [1.29, 1.82) is 0 Å². The van der Waals surface area contributed by atoms with Crippen LogP contribution in [0.15, 0.2) is 29.3 Å². The second kappa shape index (κ2) is 13.4. The molecule has 0 aromatic heterocycles. The number of amides is 1. The van der Waals surface area contributed by atoms with Gasteiger partial charge in [0.1, 0.15) is 11.4 Å². The molecule has 0 fully saturated rings. The highest BCUT2D eigenvalue weighted by atomic mass is 127. The van der Waals surface area contributed by atoms with Crippen molar-refractivity contribution in [2.45, 2.75) is 39.4 Å². The third kappa shape index (κ3) is 11.2. The van der Waals surface area contributed by atoms with Crippen molar-refractivity contribution in [3.63, 3.8) is 0 Å². The van der Waals surface area contributed by atoms with Crippen molar-refractivity contribution >= 4 is 36.0 Å². The SMILES string of the molecule is CCNC(=NCC(O)c1cccc(OC)c1)NCCNC(=O)OC(C)(C)C.I. The molecule has 0 aliphatic heterocycles. The topological polar surface area (TPSA) is 104 Å². The van der Waals surface area contributed by atoms with E-state index in [-0.39, 0.29) is 30.5 Å². The molecule has 1 aromatic carbocycles. The van der Waals surface area contributed by atoms with Gasteiger partial charge in [0.15, 0.2) is 5.96 Å². The number of rotatable bonds is 8. The van der Waals surface area contributed by atoms with E-state index in [0.29, 0.717) is 31.3 Å². The number of halogens is 1. The van der Waals surface area contributed by atoms with Gasteiger partial charge in [-0.3, -0.25) is 4.99 Å². The van der Waals surface area contributed by atoms with Crippen LogP contribution in [0.3, 0.4) is 0 Å². The zero-order chi connectivity index (χ0) is 20.3. The molecule has 28 heavy (non-hydrogen) atoms. The van der Waals surface area contributed by atoms with Crippen LogP contribution >= 0.6 is 24.0 Å². The molecule has 0 saturated carbocycles. The zero-order valence-electron chi connectivity index (χ0n) is 17.2. The molecular formula is C19H33IN4O4. The van der Waals surface area contributed by atoms with E-state index in [4.69, 9.17) is 9.47 Å². The van der Waals surface area contributed by atoms with Crippen LogP contribution in [0, 0.1) is 0 Å². The highest BCUT2D eigenvalue weighted by molar-refractivity contribution is 14.0. The van der Waals surface area contributed by atoms with E-state index in [9.17, 15) is 9.90 Å². The summed E-state index contributed by atoms with van der Waals surface area (Å²) < 4.78 is 10.3. The van der Waals surface area contributed by atoms with Crippen LogP contribution in [-0.4, -0.2) is 56.0 Å². The molecule has 0 heterocycles. The Balaban J connectivity index is 0.00000729. The number of carbonyl (C=O) groups excluding carboxylic acids is 1. The molecule has 160 valence electrons. The van der Waals surface area contributed by atoms with Gasteiger partial charge in [-0.25, -0.2) is 4.79 Å². The molecule has 0 spiro atoms. The van der Waals surface area contributed by atoms with E-state index < -0.39 is 17.8 Å². The predicted octanol–water partition coefficient (Wildman–Crippen LogP) is 2.43. The Kier molecular flexibility index (Phi) is 12.6. The molecule has 4 N–H and O–H groups in total. The number of alkyl carbamates (subject to hydrolysis) is 1. The molecule has 1 unspecified atom stereocenters. The maximum Gasteiger partial charge on any atom is 0.407 e. The number of aliphatic imine (C=N–C) groups is 1. The first-order chi connectivity index (χ1) is 12.7. The fourth-order valence-corrected chi connectivity index (χ4v) is 2.13. The van der Waals surface area contributed by atoms with Gasteiger partial charge in [0.25, 0.3) is 0 Å². The molecular weight excluding hydrogens is 475 g/mol. The Labute approximate surface area is 184 Å². The van der Waals surface area contributed by atoms with Gasteiger partial charge in [-0.05, 0) is 45.4 Å². The molecule has 0 saturated heterocycles. The number of aliphatic hydroxyl groups is 1. The Morgan fingerprint density at radius 2 is 1.89 bits per heavy atom. The van der Waals surface area contributed by atoms with Crippen molar-refractivity contribution in [2.75, 3.05) is 33.3 Å². The van der Waals surface area contributed by atoms with Gasteiger partial charge in [-0.2, -0.15) is 0 Å². The standard InChI is InChI=1S/C19H32N4O4.HI/c1-6-20-17(21-10-11-22-18(25)27-19(2,3)4)23-13-16(24)14-8-7-9-15(12-14)26-5;/h7-9,12,16,24H,6,10-11,13H2,1-5H3,(H,22,25)(H2,20,21,23);1H. The lowest BCUT2D eigenvalue weighted by molar-refractivity contribution is 0.0529. The van der Waals surface area contributed by atoms with Gasteiger partial charge >= 0.3 is 6.09 Å². The molecule has 1 aromatic rings. The fourth-order valence-electron chi connectivity index (χ4n) is 2.13. The maximum atomic E-state index is 11.6. The Hall–Kier alpha value is -1.75. The van der Waals surface area contributed by atoms with Gasteiger partial charge in [-0.1, -0.05) is 12.1 Å². The fraction of sp³-hybridized carbons (Fsp3) is 0.579. The zero-order valence-corrected chi connectivity index (χ0v) is 19.6. The molecule has 0 bridgehead atoms. The maximum absolute atomic E-state index is 11.6. The number of benzene rings is 1. The number of nitrogens with zero attached hydrogens (tertiary/aromatic N) is 1. The summed E-state index contributed by atoms with van der Waals surface area (Å²) in [5.41, 5.74) is 0.213. The number of guanidine groups is 1. The third-order valence-electron chi connectivity index (χ3n) is 3.33. The molecule has 0 aliphatic rings. The average molecular weight is 508 g/mol. The van der Waals surface area contributed by atoms with Crippen molar-refractivity contribution in [3.8, 4) is 5.75 Å². The van der Waals surface area contributed by atoms with E-state index >= 15 is 0 Å². The number of ether oxygens (including phenoxy) is 2. The van der Waals surface area contributed by atoms with E-state index in [1.165, 1.54) is 0 Å². The van der Waals surface area contributed by atoms with Crippen LogP contribution in [0.5, 0.6) is 5.75 Å². The monoisotopic (exact) mass is 508 g/mol. The van der Waals surface area contributed by atoms with Gasteiger partial charge < -0.3 is 30.5 Å². The number of aliphatic hydroxyl groups excluding tert-OH is 1. The van der Waals surface area contributed by atoms with Crippen LogP contribution in [0.25, 0.3) is 0 Å². The lowest BCUT2D eigenvalue weighted by Crippen LogP contribution is -2.42. The van der Waals surface area contributed by atoms with E-state index in [0.717, 1.165) is 5.56 Å². The van der Waals surface area contributed by atoms with Crippen LogP contribution in [0.2, 0.25) is 0 Å². The summed E-state index contributed by atoms with van der Waals surface area (Å²) in [6.45, 7) is 9.13. The minimum atomic E-state index is -0.740. The first-order valence-electron chi connectivity index (χ1n) is 9.06. The van der Waals surface area contributed by atoms with Crippen molar-refractivity contribution < 1.29 is 19.4 Å². The predicted molar refractivity (Wildman–Crippen MR) is 122 cm³/mol. The summed E-state index contributed by atoms with van der Waals surface area (Å²) in [4.78, 5) is 16.0. The average Bonchev–Trinajstić information content (AvgIpc) is 2.61. The number of carbonyl (C=O) groups is 1. The molecule has 0 radical (unpaired) electrons. The summed E-state index contributed by atoms with van der Waals surface area (Å²) in [5.74, 6) is 1.25. The van der Waals surface area contributed by atoms with E-state index in [1.54, 1.807) is 13.2 Å². The van der Waals surface area contributed by atoms with E-state index in [2.05, 4.69) is 20.9 Å². The highest BCUT2D eigenvalue weighted by Crippen LogP contribution is 2.19. The smallest absolute Gasteiger partial charge is 0.407 e. The second-order valence-corrected chi connectivity index (χ2v) is 6.87. The van der Waals surface area contributed by atoms with Gasteiger partial charge in [-0.15, -0.1) is 24.0 Å². The van der Waals surface area contributed by atoms with Crippen LogP contribution < -0.4 is 20.7 Å². The Morgan fingerprint density at radius 1 is 1.21 bits per heavy atom. The summed E-state index contributed by atoms with van der Waals surface area (Å²) in [5, 5.41) is 19.2. The van der Waals surface area contributed by atoms with Crippen molar-refractivity contribution in [2.24, 2.45) is 4.99 Å². The minimum absolute atomic E-state index is 0. The summed E-state index contributed by atoms with van der Waals surface area (Å²) in [6.07, 6.45) is -1.20. The minimum Gasteiger partial charge on any atom is -0.497 e. The Morgan fingerprint density at radius 3 is 2.50 bits per heavy atom. The van der Waals surface area contributed by atoms with E-state index in [1.807, 2.05) is 45.9 Å². The van der Waals surface area contributed by atoms with Gasteiger partial charge in [0.05, 0.1) is 19.8 Å². The summed E-state index contributed by atoms with van der Waals surface area (Å²) in [6, 6.07) is 7.26. The van der Waals surface area contributed by atoms with Crippen molar-refractivity contribution in [3.05, 3.63) is 29.8 Å². The normalized spacial score (nSPS) is 12.4. The van der Waals surface area contributed by atoms with Crippen LogP contribution in [0.1, 0.15) is 39.4 Å². The lowest BCUT2D eigenvalue weighted by atomic mass is 10.1. The molecule has 9 heteroatoms. The summed E-state index contributed by atoms with van der Waals surface area (Å²) in [7, 11) is 1.59. The highest BCUT2D eigenvalue weighted by Gasteiger charge is 2.15. The third-order valence-corrected chi connectivity index (χ3v) is 3.33. The second-order valence-electron chi connectivity index (χ2n) is 6.87. The Bertz CT molecular complexity index is 620. The van der Waals surface area contributed by atoms with Crippen LogP contribution in [-0.2, 0) is 4.74 Å². The van der Waals surface area contributed by atoms with Gasteiger partial charge in [0.2, 0.25) is 0 Å². The lowest BCUT2D eigenvalue weighted by Gasteiger charge is -2.20. The number of hydrogen-bond donors (Lipinski definition) is 4. The molecule has 1 atom stereocenters. The number of nitrogens with one attached hydrogen (secondary N) is 3. The first kappa shape index (κ1) is 26.2. The number of hydrogen-bond acceptors (Lipinski definition) is 5.